The quantitative estimate of drug-likeness (QED) is 0.507. The number of fused-ring (bicyclic) bond motifs is 2. The smallest absolute Gasteiger partial charge is 0.141 e. The van der Waals surface area contributed by atoms with Gasteiger partial charge in [0, 0.05) is 5.56 Å². The number of aliphatic hydroxyl groups excluding tert-OH is 1. The fourth-order valence-electron chi connectivity index (χ4n) is 3.03. The Bertz CT molecular complexity index is 477. The molecule has 2 heterocycles. The van der Waals surface area contributed by atoms with Crippen LogP contribution in [0, 0.1) is 0 Å². The van der Waals surface area contributed by atoms with E-state index in [9.17, 15) is 15.0 Å². The SMILES string of the molecule is O=CC1c2cccc(O)c2NC(O)[C@@H]2CCCN12. The van der Waals surface area contributed by atoms with Gasteiger partial charge in [0.1, 0.15) is 18.3 Å². The molecular formula is C13H16N2O3. The van der Waals surface area contributed by atoms with Crippen molar-refractivity contribution in [2.45, 2.75) is 31.2 Å². The molecule has 3 N–H and O–H groups in total. The van der Waals surface area contributed by atoms with Gasteiger partial charge in [0.05, 0.1) is 17.8 Å². The molecule has 2 aliphatic rings. The van der Waals surface area contributed by atoms with E-state index in [0.717, 1.165) is 31.2 Å². The van der Waals surface area contributed by atoms with E-state index < -0.39 is 12.3 Å². The van der Waals surface area contributed by atoms with Crippen LogP contribution < -0.4 is 5.32 Å². The predicted molar refractivity (Wildman–Crippen MR) is 66.3 cm³/mol. The topological polar surface area (TPSA) is 72.8 Å². The van der Waals surface area contributed by atoms with Crippen LogP contribution in [0.25, 0.3) is 0 Å². The highest BCUT2D eigenvalue weighted by Gasteiger charge is 2.40. The average molecular weight is 248 g/mol. The molecule has 0 saturated carbocycles. The molecule has 1 aromatic carbocycles. The Hall–Kier alpha value is -1.59. The number of nitrogens with zero attached hydrogens (tertiary/aromatic N) is 1. The summed E-state index contributed by atoms with van der Waals surface area (Å²) in [7, 11) is 0. The maximum absolute atomic E-state index is 11.4. The molecule has 1 fully saturated rings. The largest absolute Gasteiger partial charge is 0.506 e. The van der Waals surface area contributed by atoms with Crippen LogP contribution in [0.15, 0.2) is 18.2 Å². The van der Waals surface area contributed by atoms with Crippen molar-refractivity contribution in [1.29, 1.82) is 0 Å². The van der Waals surface area contributed by atoms with Crippen LogP contribution in [0.3, 0.4) is 0 Å². The van der Waals surface area contributed by atoms with E-state index >= 15 is 0 Å². The summed E-state index contributed by atoms with van der Waals surface area (Å²) in [6.07, 6.45) is 1.95. The molecule has 0 amide bonds. The molecule has 2 unspecified atom stereocenters. The first kappa shape index (κ1) is 11.5. The van der Waals surface area contributed by atoms with Crippen molar-refractivity contribution < 1.29 is 15.0 Å². The normalized spacial score (nSPS) is 31.1. The molecule has 96 valence electrons. The second-order valence-electron chi connectivity index (χ2n) is 4.86. The molecule has 3 atom stereocenters. The van der Waals surface area contributed by atoms with Gasteiger partial charge < -0.3 is 20.3 Å². The van der Waals surface area contributed by atoms with E-state index in [0.29, 0.717) is 5.69 Å². The third-order valence-electron chi connectivity index (χ3n) is 3.88. The number of aromatic hydroxyl groups is 1. The summed E-state index contributed by atoms with van der Waals surface area (Å²) in [5.41, 5.74) is 1.20. The lowest BCUT2D eigenvalue weighted by atomic mass is 10.0. The number of rotatable bonds is 1. The molecule has 0 spiro atoms. The van der Waals surface area contributed by atoms with Gasteiger partial charge in [0.15, 0.2) is 0 Å². The minimum atomic E-state index is -0.760. The fraction of sp³-hybridized carbons (Fsp3) is 0.462. The lowest BCUT2D eigenvalue weighted by Gasteiger charge is -2.28. The van der Waals surface area contributed by atoms with Gasteiger partial charge in [-0.15, -0.1) is 0 Å². The van der Waals surface area contributed by atoms with Gasteiger partial charge in [-0.1, -0.05) is 12.1 Å². The summed E-state index contributed by atoms with van der Waals surface area (Å²) >= 11 is 0. The van der Waals surface area contributed by atoms with Crippen molar-refractivity contribution in [1.82, 2.24) is 4.90 Å². The van der Waals surface area contributed by atoms with Crippen LogP contribution in [0.2, 0.25) is 0 Å². The number of para-hydroxylation sites is 1. The molecule has 0 aromatic heterocycles. The number of hydrogen-bond acceptors (Lipinski definition) is 5. The molecule has 5 nitrogen and oxygen atoms in total. The number of nitrogens with one attached hydrogen (secondary N) is 1. The Morgan fingerprint density at radius 2 is 2.28 bits per heavy atom. The van der Waals surface area contributed by atoms with Crippen LogP contribution in [0.4, 0.5) is 5.69 Å². The van der Waals surface area contributed by atoms with Gasteiger partial charge in [-0.2, -0.15) is 0 Å². The van der Waals surface area contributed by atoms with Crippen LogP contribution in [0.1, 0.15) is 24.4 Å². The molecule has 1 saturated heterocycles. The number of carbonyl (C=O) groups excluding carboxylic acids is 1. The van der Waals surface area contributed by atoms with E-state index in [1.165, 1.54) is 0 Å². The van der Waals surface area contributed by atoms with Crippen molar-refractivity contribution in [3.63, 3.8) is 0 Å². The highest BCUT2D eigenvalue weighted by atomic mass is 16.3. The maximum Gasteiger partial charge on any atom is 0.141 e. The number of aldehydes is 1. The minimum Gasteiger partial charge on any atom is -0.506 e. The van der Waals surface area contributed by atoms with Gasteiger partial charge in [-0.25, -0.2) is 0 Å². The molecule has 0 aliphatic carbocycles. The summed E-state index contributed by atoms with van der Waals surface area (Å²) in [6.45, 7) is 0.794. The summed E-state index contributed by atoms with van der Waals surface area (Å²) in [5.74, 6) is 0.0690. The summed E-state index contributed by atoms with van der Waals surface area (Å²) in [4.78, 5) is 13.4. The summed E-state index contributed by atoms with van der Waals surface area (Å²) < 4.78 is 0. The van der Waals surface area contributed by atoms with Crippen molar-refractivity contribution in [3.05, 3.63) is 23.8 Å². The minimum absolute atomic E-state index is 0.0690. The molecule has 18 heavy (non-hydrogen) atoms. The van der Waals surface area contributed by atoms with E-state index in [-0.39, 0.29) is 11.8 Å². The maximum atomic E-state index is 11.4. The van der Waals surface area contributed by atoms with Crippen LogP contribution >= 0.6 is 0 Å². The number of benzene rings is 1. The Morgan fingerprint density at radius 1 is 1.44 bits per heavy atom. The van der Waals surface area contributed by atoms with Crippen molar-refractivity contribution in [2.24, 2.45) is 0 Å². The molecule has 1 aromatic rings. The summed E-state index contributed by atoms with van der Waals surface area (Å²) in [5, 5.41) is 23.0. The van der Waals surface area contributed by atoms with Crippen molar-refractivity contribution in [3.8, 4) is 5.75 Å². The Kier molecular flexibility index (Phi) is 2.72. The first-order valence-corrected chi connectivity index (χ1v) is 6.20. The van der Waals surface area contributed by atoms with Gasteiger partial charge in [0.25, 0.3) is 0 Å². The number of anilines is 1. The first-order valence-electron chi connectivity index (χ1n) is 6.20. The van der Waals surface area contributed by atoms with E-state index in [1.54, 1.807) is 12.1 Å². The average Bonchev–Trinajstić information content (AvgIpc) is 2.79. The van der Waals surface area contributed by atoms with Crippen molar-refractivity contribution in [2.75, 3.05) is 11.9 Å². The fourth-order valence-corrected chi connectivity index (χ4v) is 3.03. The second-order valence-corrected chi connectivity index (χ2v) is 4.86. The molecule has 0 radical (unpaired) electrons. The highest BCUT2D eigenvalue weighted by Crippen LogP contribution is 2.40. The summed E-state index contributed by atoms with van der Waals surface area (Å²) in [6, 6.07) is 4.61. The Labute approximate surface area is 105 Å². The third-order valence-corrected chi connectivity index (χ3v) is 3.88. The number of phenolic OH excluding ortho intramolecular Hbond substituents is 1. The van der Waals surface area contributed by atoms with Crippen LogP contribution in [-0.2, 0) is 4.79 Å². The van der Waals surface area contributed by atoms with E-state index in [4.69, 9.17) is 0 Å². The number of carbonyl (C=O) groups is 1. The number of aliphatic hydroxyl groups is 1. The van der Waals surface area contributed by atoms with E-state index in [1.807, 2.05) is 11.0 Å². The standard InChI is InChI=1S/C13H16N2O3/c16-7-10-8-3-1-5-11(17)12(8)14-13(18)9-4-2-6-15(9)10/h1,3,5,7,9-10,13-14,17-18H,2,4,6H2/t9-,10?,13?/m0/s1. The molecule has 0 bridgehead atoms. The molecule has 5 heteroatoms. The Balaban J connectivity index is 2.13. The Morgan fingerprint density at radius 3 is 3.06 bits per heavy atom. The van der Waals surface area contributed by atoms with Gasteiger partial charge in [0.2, 0.25) is 0 Å². The zero-order valence-corrected chi connectivity index (χ0v) is 9.91. The second kappa shape index (κ2) is 4.26. The van der Waals surface area contributed by atoms with Gasteiger partial charge >= 0.3 is 0 Å². The first-order chi connectivity index (χ1) is 8.72. The third kappa shape index (κ3) is 1.59. The predicted octanol–water partition coefficient (Wildman–Crippen LogP) is 0.840. The van der Waals surface area contributed by atoms with Gasteiger partial charge in [-0.05, 0) is 25.5 Å². The van der Waals surface area contributed by atoms with Crippen LogP contribution in [0.5, 0.6) is 5.75 Å². The zero-order valence-electron chi connectivity index (χ0n) is 9.91. The monoisotopic (exact) mass is 248 g/mol. The highest BCUT2D eigenvalue weighted by molar-refractivity contribution is 5.72. The lowest BCUT2D eigenvalue weighted by molar-refractivity contribution is -0.113. The van der Waals surface area contributed by atoms with Crippen molar-refractivity contribution >= 4 is 12.0 Å². The van der Waals surface area contributed by atoms with E-state index in [2.05, 4.69) is 5.32 Å². The van der Waals surface area contributed by atoms with Gasteiger partial charge in [-0.3, -0.25) is 4.90 Å². The number of hydrogen-bond donors (Lipinski definition) is 3. The van der Waals surface area contributed by atoms with Crippen LogP contribution in [-0.4, -0.2) is 40.2 Å². The molecular weight excluding hydrogens is 232 g/mol. The molecule has 2 aliphatic heterocycles. The molecule has 3 rings (SSSR count). The number of phenols is 1. The lowest BCUT2D eigenvalue weighted by Crippen LogP contribution is -2.42. The zero-order chi connectivity index (χ0) is 12.7.